The van der Waals surface area contributed by atoms with Crippen molar-refractivity contribution in [2.75, 3.05) is 6.79 Å². The molecule has 0 fully saturated rings. The molecule has 25 heavy (non-hydrogen) atoms. The van der Waals surface area contributed by atoms with Crippen LogP contribution in [-0.4, -0.2) is 11.8 Å². The summed E-state index contributed by atoms with van der Waals surface area (Å²) < 4.78 is 10.8. The van der Waals surface area contributed by atoms with Gasteiger partial charge in [0.15, 0.2) is 11.5 Å². The van der Waals surface area contributed by atoms with Crippen molar-refractivity contribution in [2.24, 2.45) is 0 Å². The van der Waals surface area contributed by atoms with Crippen LogP contribution in [0.15, 0.2) is 35.0 Å². The molecule has 1 aromatic carbocycles. The van der Waals surface area contributed by atoms with Crippen molar-refractivity contribution < 1.29 is 9.47 Å². The van der Waals surface area contributed by atoms with Gasteiger partial charge in [-0.05, 0) is 36.1 Å². The number of nitrogens with zero attached hydrogens (tertiary/aromatic N) is 1. The predicted molar refractivity (Wildman–Crippen MR) is 102 cm³/mol. The van der Waals surface area contributed by atoms with Crippen molar-refractivity contribution in [2.45, 2.75) is 25.9 Å². The fraction of sp³-hybridized carbons (Fsp3) is 0.278. The van der Waals surface area contributed by atoms with Crippen LogP contribution >= 0.6 is 34.3 Å². The average molecular weight is 393 g/mol. The molecule has 1 N–H and O–H groups in total. The summed E-state index contributed by atoms with van der Waals surface area (Å²) in [6.45, 7) is 2.94. The van der Waals surface area contributed by atoms with E-state index < -0.39 is 0 Å². The van der Waals surface area contributed by atoms with E-state index in [-0.39, 0.29) is 12.8 Å². The van der Waals surface area contributed by atoms with E-state index in [0.29, 0.717) is 23.1 Å². The highest BCUT2D eigenvalue weighted by molar-refractivity contribution is 7.10. The summed E-state index contributed by atoms with van der Waals surface area (Å²) in [6, 6.07) is 8.33. The van der Waals surface area contributed by atoms with Crippen LogP contribution in [0.3, 0.4) is 0 Å². The molecule has 0 radical (unpaired) electrons. The topological polar surface area (TPSA) is 43.4 Å². The lowest BCUT2D eigenvalue weighted by molar-refractivity contribution is 0.174. The molecular formula is C18H17ClN2O2S2. The summed E-state index contributed by atoms with van der Waals surface area (Å²) in [5.74, 6) is 1.35. The molecular weight excluding hydrogens is 376 g/mol. The first-order valence-corrected chi connectivity index (χ1v) is 10.1. The van der Waals surface area contributed by atoms with E-state index in [1.165, 1.54) is 4.88 Å². The van der Waals surface area contributed by atoms with E-state index >= 15 is 0 Å². The largest absolute Gasteiger partial charge is 0.454 e. The summed E-state index contributed by atoms with van der Waals surface area (Å²) >= 11 is 9.75. The summed E-state index contributed by atoms with van der Waals surface area (Å²) in [4.78, 5) is 6.01. The van der Waals surface area contributed by atoms with Gasteiger partial charge in [0.05, 0.1) is 11.1 Å². The Balaban J connectivity index is 1.52. The number of ether oxygens (including phenoxy) is 2. The van der Waals surface area contributed by atoms with Crippen molar-refractivity contribution in [1.29, 1.82) is 0 Å². The number of rotatable bonds is 6. The van der Waals surface area contributed by atoms with E-state index in [1.807, 2.05) is 19.1 Å². The molecule has 4 rings (SSSR count). The Morgan fingerprint density at radius 2 is 2.24 bits per heavy atom. The molecule has 130 valence electrons. The van der Waals surface area contributed by atoms with Crippen LogP contribution in [-0.2, 0) is 13.0 Å². The maximum Gasteiger partial charge on any atom is 0.231 e. The molecule has 1 atom stereocenters. The Labute approximate surface area is 159 Å². The number of hydrogen-bond acceptors (Lipinski definition) is 6. The molecule has 4 nitrogen and oxygen atoms in total. The highest BCUT2D eigenvalue weighted by atomic mass is 35.5. The fourth-order valence-corrected chi connectivity index (χ4v) is 4.68. The highest BCUT2D eigenvalue weighted by Gasteiger charge is 2.20. The van der Waals surface area contributed by atoms with Gasteiger partial charge in [0.1, 0.15) is 5.01 Å². The monoisotopic (exact) mass is 392 g/mol. The van der Waals surface area contributed by atoms with Crippen LogP contribution in [0.1, 0.15) is 27.2 Å². The maximum absolute atomic E-state index is 6.28. The minimum absolute atomic E-state index is 0.168. The first-order valence-electron chi connectivity index (χ1n) is 7.95. The lowest BCUT2D eigenvalue weighted by atomic mass is 10.1. The Bertz CT molecular complexity index is 864. The van der Waals surface area contributed by atoms with Gasteiger partial charge in [-0.1, -0.05) is 17.7 Å². The zero-order valence-electron chi connectivity index (χ0n) is 13.6. The molecule has 1 aliphatic heterocycles. The second-order valence-corrected chi connectivity index (χ2v) is 8.18. The smallest absolute Gasteiger partial charge is 0.231 e. The number of thiazole rings is 1. The van der Waals surface area contributed by atoms with Gasteiger partial charge in [0.25, 0.3) is 0 Å². The standard InChI is InChI=1S/C18H17ClN2O2S2/c1-11-9-25-18(21-11)15(7-13-3-2-4-24-13)20-8-12-5-14(19)17-16(6-12)22-10-23-17/h2-6,9,15,20H,7-8,10H2,1H3/t15-/m1/s1. The van der Waals surface area contributed by atoms with Crippen LogP contribution in [0, 0.1) is 6.92 Å². The molecule has 0 bridgehead atoms. The molecule has 1 aliphatic rings. The molecule has 7 heteroatoms. The number of nitrogens with one attached hydrogen (secondary N) is 1. The number of halogens is 1. The van der Waals surface area contributed by atoms with Crippen molar-refractivity contribution in [3.05, 3.63) is 61.2 Å². The lowest BCUT2D eigenvalue weighted by Crippen LogP contribution is -2.22. The van der Waals surface area contributed by atoms with E-state index in [2.05, 4.69) is 33.2 Å². The number of benzene rings is 1. The minimum atomic E-state index is 0.168. The zero-order valence-corrected chi connectivity index (χ0v) is 16.0. The average Bonchev–Trinajstić information content (AvgIpc) is 3.32. The van der Waals surface area contributed by atoms with E-state index in [1.54, 1.807) is 22.7 Å². The van der Waals surface area contributed by atoms with Crippen molar-refractivity contribution in [3.8, 4) is 11.5 Å². The molecule has 3 heterocycles. The second kappa shape index (κ2) is 7.33. The SMILES string of the molecule is Cc1csc([C@@H](Cc2cccs2)NCc2cc(Cl)c3c(c2)OCO3)n1. The number of thiophene rings is 1. The number of aryl methyl sites for hydroxylation is 1. The van der Waals surface area contributed by atoms with Gasteiger partial charge in [0, 0.05) is 28.9 Å². The summed E-state index contributed by atoms with van der Waals surface area (Å²) in [5, 5.41) is 9.52. The van der Waals surface area contributed by atoms with Crippen LogP contribution in [0.5, 0.6) is 11.5 Å². The van der Waals surface area contributed by atoms with Crippen LogP contribution in [0.25, 0.3) is 0 Å². The van der Waals surface area contributed by atoms with Gasteiger partial charge in [-0.15, -0.1) is 22.7 Å². The Kier molecular flexibility index (Phi) is 4.94. The van der Waals surface area contributed by atoms with Gasteiger partial charge >= 0.3 is 0 Å². The molecule has 0 amide bonds. The summed E-state index contributed by atoms with van der Waals surface area (Å²) in [6.07, 6.45) is 0.920. The molecule has 0 saturated heterocycles. The minimum Gasteiger partial charge on any atom is -0.454 e. The van der Waals surface area contributed by atoms with Gasteiger partial charge in [-0.2, -0.15) is 0 Å². The molecule has 3 aromatic rings. The van der Waals surface area contributed by atoms with Crippen LogP contribution in [0.4, 0.5) is 0 Å². The predicted octanol–water partition coefficient (Wildman–Crippen LogP) is 4.97. The van der Waals surface area contributed by atoms with Crippen molar-refractivity contribution in [3.63, 3.8) is 0 Å². The molecule has 2 aromatic heterocycles. The Hall–Kier alpha value is -1.60. The Morgan fingerprint density at radius 3 is 3.00 bits per heavy atom. The molecule has 0 saturated carbocycles. The van der Waals surface area contributed by atoms with Crippen LogP contribution < -0.4 is 14.8 Å². The third-order valence-electron chi connectivity index (χ3n) is 3.96. The normalized spacial score (nSPS) is 14.0. The second-order valence-electron chi connectivity index (χ2n) is 5.86. The zero-order chi connectivity index (χ0) is 17.2. The summed E-state index contributed by atoms with van der Waals surface area (Å²) in [5.41, 5.74) is 2.13. The number of hydrogen-bond donors (Lipinski definition) is 1. The summed E-state index contributed by atoms with van der Waals surface area (Å²) in [7, 11) is 0. The van der Waals surface area contributed by atoms with Gasteiger partial charge in [0.2, 0.25) is 6.79 Å². The third-order valence-corrected chi connectivity index (χ3v) is 6.22. The highest BCUT2D eigenvalue weighted by Crippen LogP contribution is 2.40. The molecule has 0 unspecified atom stereocenters. The van der Waals surface area contributed by atoms with Crippen molar-refractivity contribution >= 4 is 34.3 Å². The van der Waals surface area contributed by atoms with E-state index in [4.69, 9.17) is 21.1 Å². The van der Waals surface area contributed by atoms with E-state index in [0.717, 1.165) is 22.7 Å². The number of aromatic nitrogens is 1. The molecule has 0 aliphatic carbocycles. The Morgan fingerprint density at radius 1 is 1.32 bits per heavy atom. The first kappa shape index (κ1) is 16.8. The fourth-order valence-electron chi connectivity index (χ4n) is 2.77. The van der Waals surface area contributed by atoms with Gasteiger partial charge < -0.3 is 14.8 Å². The third kappa shape index (κ3) is 3.82. The first-order chi connectivity index (χ1) is 12.2. The molecule has 0 spiro atoms. The maximum atomic E-state index is 6.28. The van der Waals surface area contributed by atoms with Crippen molar-refractivity contribution in [1.82, 2.24) is 10.3 Å². The lowest BCUT2D eigenvalue weighted by Gasteiger charge is -2.16. The van der Waals surface area contributed by atoms with E-state index in [9.17, 15) is 0 Å². The quantitative estimate of drug-likeness (QED) is 0.643. The number of fused-ring (bicyclic) bond motifs is 1. The van der Waals surface area contributed by atoms with Crippen LogP contribution in [0.2, 0.25) is 5.02 Å². The van der Waals surface area contributed by atoms with Gasteiger partial charge in [-0.25, -0.2) is 4.98 Å². The van der Waals surface area contributed by atoms with Gasteiger partial charge in [-0.3, -0.25) is 0 Å².